The summed E-state index contributed by atoms with van der Waals surface area (Å²) in [7, 11) is 1.24. The summed E-state index contributed by atoms with van der Waals surface area (Å²) < 4.78 is 10.1. The molecule has 0 heterocycles. The monoisotopic (exact) mass is 318 g/mol. The molecule has 0 fully saturated rings. The summed E-state index contributed by atoms with van der Waals surface area (Å²) in [6.45, 7) is 0.385. The lowest BCUT2D eigenvalue weighted by Gasteiger charge is -2.09. The van der Waals surface area contributed by atoms with Gasteiger partial charge in [-0.15, -0.1) is 0 Å². The predicted octanol–water partition coefficient (Wildman–Crippen LogP) is 3.66. The maximum Gasteiger partial charge on any atom is 0.313 e. The van der Waals surface area contributed by atoms with E-state index < -0.39 is 5.97 Å². The molecule has 0 saturated carbocycles. The van der Waals surface area contributed by atoms with Crippen molar-refractivity contribution in [1.29, 1.82) is 0 Å². The summed E-state index contributed by atoms with van der Waals surface area (Å²) in [6.07, 6.45) is -0.308. The first kappa shape index (κ1) is 16.0. The average Bonchev–Trinajstić information content (AvgIpc) is 2.54. The highest BCUT2D eigenvalue weighted by Crippen LogP contribution is 2.26. The van der Waals surface area contributed by atoms with Gasteiger partial charge in [0.2, 0.25) is 0 Å². The Hall–Kier alpha value is -2.33. The van der Waals surface area contributed by atoms with Crippen molar-refractivity contribution in [2.24, 2.45) is 0 Å². The van der Waals surface area contributed by atoms with E-state index in [1.807, 2.05) is 30.3 Å². The quantitative estimate of drug-likeness (QED) is 0.463. The minimum absolute atomic E-state index is 0.308. The van der Waals surface area contributed by atoms with Gasteiger partial charge in [-0.1, -0.05) is 41.9 Å². The number of carbonyl (C=O) groups is 2. The number of benzene rings is 2. The third-order valence-electron chi connectivity index (χ3n) is 3.02. The molecule has 0 spiro atoms. The molecule has 0 bridgehead atoms. The van der Waals surface area contributed by atoms with Crippen LogP contribution >= 0.6 is 11.6 Å². The number of hydrogen-bond acceptors (Lipinski definition) is 4. The molecule has 2 rings (SSSR count). The summed E-state index contributed by atoms with van der Waals surface area (Å²) in [5.74, 6) is -0.436. The van der Waals surface area contributed by atoms with Gasteiger partial charge < -0.3 is 9.47 Å². The lowest BCUT2D eigenvalue weighted by Crippen LogP contribution is -2.09. The van der Waals surface area contributed by atoms with Crippen LogP contribution < -0.4 is 4.74 Å². The number of hydrogen-bond donors (Lipinski definition) is 0. The van der Waals surface area contributed by atoms with E-state index >= 15 is 0 Å². The van der Waals surface area contributed by atoms with Crippen molar-refractivity contribution < 1.29 is 19.1 Å². The first-order valence-electron chi connectivity index (χ1n) is 6.66. The Balaban J connectivity index is 2.03. The van der Waals surface area contributed by atoms with E-state index in [1.165, 1.54) is 13.2 Å². The molecule has 22 heavy (non-hydrogen) atoms. The highest BCUT2D eigenvalue weighted by Gasteiger charge is 2.14. The van der Waals surface area contributed by atoms with Gasteiger partial charge in [0.25, 0.3) is 0 Å². The fraction of sp³-hybridized carbons (Fsp3) is 0.176. The highest BCUT2D eigenvalue weighted by molar-refractivity contribution is 6.32. The Morgan fingerprint density at radius 1 is 1.09 bits per heavy atom. The van der Waals surface area contributed by atoms with Crippen molar-refractivity contribution in [3.8, 4) is 5.75 Å². The second-order valence-corrected chi connectivity index (χ2v) is 5.00. The number of carbonyl (C=O) groups excluding carboxylic acids is 2. The van der Waals surface area contributed by atoms with Crippen LogP contribution in [-0.4, -0.2) is 18.9 Å². The van der Waals surface area contributed by atoms with Gasteiger partial charge in [-0.3, -0.25) is 9.59 Å². The van der Waals surface area contributed by atoms with Crippen molar-refractivity contribution in [3.63, 3.8) is 0 Å². The molecule has 0 saturated heterocycles. The van der Waals surface area contributed by atoms with Crippen LogP contribution in [0.1, 0.15) is 22.3 Å². The summed E-state index contributed by atoms with van der Waals surface area (Å²) in [5, 5.41) is 0.326. The summed E-state index contributed by atoms with van der Waals surface area (Å²) in [4.78, 5) is 23.0. The number of Topliss-reactive ketones (excluding diaryl/α,β-unsaturated/α-hetero) is 1. The molecule has 2 aromatic carbocycles. The van der Waals surface area contributed by atoms with E-state index in [-0.39, 0.29) is 12.2 Å². The van der Waals surface area contributed by atoms with Crippen molar-refractivity contribution in [2.45, 2.75) is 13.0 Å². The van der Waals surface area contributed by atoms with Gasteiger partial charge in [0.05, 0.1) is 12.1 Å². The lowest BCUT2D eigenvalue weighted by molar-refractivity contribution is -0.139. The van der Waals surface area contributed by atoms with E-state index in [0.717, 1.165) is 5.56 Å². The number of rotatable bonds is 6. The van der Waals surface area contributed by atoms with Crippen molar-refractivity contribution in [2.75, 3.05) is 7.11 Å². The normalized spacial score (nSPS) is 10.1. The third kappa shape index (κ3) is 4.33. The van der Waals surface area contributed by atoms with Gasteiger partial charge in [0, 0.05) is 5.56 Å². The zero-order valence-electron chi connectivity index (χ0n) is 12.0. The number of halogens is 1. The standard InChI is InChI=1S/C17H15ClO4/c1-21-17(20)10-15(19)13-7-8-16(14(18)9-13)22-11-12-5-3-2-4-6-12/h2-9H,10-11H2,1H3. The molecular weight excluding hydrogens is 304 g/mol. The van der Waals surface area contributed by atoms with Gasteiger partial charge in [0.1, 0.15) is 18.8 Å². The van der Waals surface area contributed by atoms with Crippen molar-refractivity contribution in [3.05, 3.63) is 64.7 Å². The first-order chi connectivity index (χ1) is 10.6. The molecule has 0 amide bonds. The molecule has 0 atom stereocenters. The van der Waals surface area contributed by atoms with E-state index in [4.69, 9.17) is 16.3 Å². The third-order valence-corrected chi connectivity index (χ3v) is 3.32. The summed E-state index contributed by atoms with van der Waals surface area (Å²) in [5.41, 5.74) is 1.37. The second kappa shape index (κ2) is 7.61. The molecular formula is C17H15ClO4. The minimum atomic E-state index is -0.578. The first-order valence-corrected chi connectivity index (χ1v) is 7.04. The van der Waals surface area contributed by atoms with Gasteiger partial charge >= 0.3 is 5.97 Å². The van der Waals surface area contributed by atoms with Gasteiger partial charge in [-0.2, -0.15) is 0 Å². The number of esters is 1. The molecule has 0 aromatic heterocycles. The van der Waals surface area contributed by atoms with Crippen LogP contribution in [-0.2, 0) is 16.1 Å². The fourth-order valence-corrected chi connectivity index (χ4v) is 2.07. The predicted molar refractivity (Wildman–Crippen MR) is 83.2 cm³/mol. The maximum atomic E-state index is 11.9. The zero-order chi connectivity index (χ0) is 15.9. The molecule has 0 unspecified atom stereocenters. The Labute approximate surface area is 133 Å². The molecule has 4 nitrogen and oxygen atoms in total. The van der Waals surface area contributed by atoms with Gasteiger partial charge in [-0.25, -0.2) is 0 Å². The van der Waals surface area contributed by atoms with Gasteiger partial charge in [0.15, 0.2) is 5.78 Å². The number of ether oxygens (including phenoxy) is 2. The molecule has 0 N–H and O–H groups in total. The summed E-state index contributed by atoms with van der Waals surface area (Å²) >= 11 is 6.12. The van der Waals surface area contributed by atoms with E-state index in [1.54, 1.807) is 12.1 Å². The van der Waals surface area contributed by atoms with Crippen LogP contribution in [0.2, 0.25) is 5.02 Å². The number of ketones is 1. The zero-order valence-corrected chi connectivity index (χ0v) is 12.8. The van der Waals surface area contributed by atoms with Crippen LogP contribution in [0.4, 0.5) is 0 Å². The highest BCUT2D eigenvalue weighted by atomic mass is 35.5. The molecule has 0 aliphatic heterocycles. The van der Waals surface area contributed by atoms with E-state index in [9.17, 15) is 9.59 Å². The SMILES string of the molecule is COC(=O)CC(=O)c1ccc(OCc2ccccc2)c(Cl)c1. The van der Waals surface area contributed by atoms with Crippen LogP contribution in [0.25, 0.3) is 0 Å². The Kier molecular flexibility index (Phi) is 5.55. The molecule has 0 aliphatic rings. The molecule has 2 aromatic rings. The topological polar surface area (TPSA) is 52.6 Å². The van der Waals surface area contributed by atoms with Crippen LogP contribution in [0.15, 0.2) is 48.5 Å². The largest absolute Gasteiger partial charge is 0.487 e. The molecule has 0 radical (unpaired) electrons. The lowest BCUT2D eigenvalue weighted by atomic mass is 10.1. The second-order valence-electron chi connectivity index (χ2n) is 4.60. The van der Waals surface area contributed by atoms with E-state index in [0.29, 0.717) is 22.9 Å². The van der Waals surface area contributed by atoms with Crippen molar-refractivity contribution >= 4 is 23.4 Å². The molecule has 5 heteroatoms. The average molecular weight is 319 g/mol. The van der Waals surface area contributed by atoms with Gasteiger partial charge in [-0.05, 0) is 23.8 Å². The Morgan fingerprint density at radius 3 is 2.45 bits per heavy atom. The fourth-order valence-electron chi connectivity index (χ4n) is 1.83. The van der Waals surface area contributed by atoms with Crippen molar-refractivity contribution in [1.82, 2.24) is 0 Å². The van der Waals surface area contributed by atoms with Crippen LogP contribution in [0.3, 0.4) is 0 Å². The number of methoxy groups -OCH3 is 1. The molecule has 0 aliphatic carbocycles. The Bertz CT molecular complexity index is 668. The van der Waals surface area contributed by atoms with Crippen LogP contribution in [0, 0.1) is 0 Å². The Morgan fingerprint density at radius 2 is 1.82 bits per heavy atom. The van der Waals surface area contributed by atoms with E-state index in [2.05, 4.69) is 4.74 Å². The maximum absolute atomic E-state index is 11.9. The van der Waals surface area contributed by atoms with Crippen LogP contribution in [0.5, 0.6) is 5.75 Å². The smallest absolute Gasteiger partial charge is 0.313 e. The minimum Gasteiger partial charge on any atom is -0.487 e. The summed E-state index contributed by atoms with van der Waals surface area (Å²) in [6, 6.07) is 14.4. The molecule has 114 valence electrons.